The predicted octanol–water partition coefficient (Wildman–Crippen LogP) is 4.88. The zero-order chi connectivity index (χ0) is 20.3. The molecule has 2 aromatic rings. The van der Waals surface area contributed by atoms with Gasteiger partial charge >= 0.3 is 6.18 Å². The van der Waals surface area contributed by atoms with E-state index in [0.717, 1.165) is 12.8 Å². The van der Waals surface area contributed by atoms with E-state index in [1.54, 1.807) is 13.0 Å². The number of hydrogen-bond acceptors (Lipinski definition) is 6. The normalized spacial score (nSPS) is 14.9. The van der Waals surface area contributed by atoms with E-state index >= 15 is 0 Å². The quantitative estimate of drug-likeness (QED) is 0.511. The summed E-state index contributed by atoms with van der Waals surface area (Å²) in [5.74, 6) is -0.626. The van der Waals surface area contributed by atoms with Crippen molar-refractivity contribution in [2.45, 2.75) is 44.9 Å². The summed E-state index contributed by atoms with van der Waals surface area (Å²) in [6.45, 7) is 1.92. The van der Waals surface area contributed by atoms with Gasteiger partial charge in [0.15, 0.2) is 0 Å². The highest BCUT2D eigenvalue weighted by atomic mass is 19.4. The van der Waals surface area contributed by atoms with Gasteiger partial charge in [-0.3, -0.25) is 10.1 Å². The highest BCUT2D eigenvalue weighted by Crippen LogP contribution is 2.38. The van der Waals surface area contributed by atoms with Crippen molar-refractivity contribution in [1.29, 1.82) is 0 Å². The van der Waals surface area contributed by atoms with E-state index in [4.69, 9.17) is 4.74 Å². The van der Waals surface area contributed by atoms with Gasteiger partial charge in [0.1, 0.15) is 17.4 Å². The molecule has 1 fully saturated rings. The van der Waals surface area contributed by atoms with Crippen LogP contribution in [-0.4, -0.2) is 27.5 Å². The van der Waals surface area contributed by atoms with Gasteiger partial charge in [0.25, 0.3) is 5.69 Å². The van der Waals surface area contributed by atoms with E-state index in [0.29, 0.717) is 19.0 Å². The number of aromatic nitrogens is 2. The number of nitrogens with zero attached hydrogens (tertiary/aromatic N) is 4. The standard InChI is InChI=1S/C18H19F3N4O3/c1-2-24(14-9-5-6-10-15(14)25(26)27)17-22-11-13(18(19,20)21)16(23-17)28-12-7-3-4-8-12/h5-6,9-12H,2-4,7-8H2,1H3. The molecule has 0 unspecified atom stereocenters. The summed E-state index contributed by atoms with van der Waals surface area (Å²) in [4.78, 5) is 20.0. The van der Waals surface area contributed by atoms with Crippen molar-refractivity contribution >= 4 is 17.3 Å². The number of anilines is 2. The fourth-order valence-corrected chi connectivity index (χ4v) is 3.20. The number of hydrogen-bond donors (Lipinski definition) is 0. The molecule has 7 nitrogen and oxygen atoms in total. The van der Waals surface area contributed by atoms with Crippen molar-refractivity contribution in [2.75, 3.05) is 11.4 Å². The third-order valence-corrected chi connectivity index (χ3v) is 4.55. The molecule has 0 saturated heterocycles. The Morgan fingerprint density at radius 1 is 1.29 bits per heavy atom. The van der Waals surface area contributed by atoms with Gasteiger partial charge in [-0.15, -0.1) is 0 Å². The van der Waals surface area contributed by atoms with Gasteiger partial charge < -0.3 is 9.64 Å². The molecule has 150 valence electrons. The predicted molar refractivity (Wildman–Crippen MR) is 95.7 cm³/mol. The minimum atomic E-state index is -4.66. The van der Waals surface area contributed by atoms with Crippen molar-refractivity contribution in [2.24, 2.45) is 0 Å². The minimum absolute atomic E-state index is 0.0854. The van der Waals surface area contributed by atoms with E-state index < -0.39 is 22.5 Å². The van der Waals surface area contributed by atoms with Crippen molar-refractivity contribution in [3.05, 3.63) is 46.1 Å². The van der Waals surface area contributed by atoms with Crippen LogP contribution in [0.2, 0.25) is 0 Å². The Morgan fingerprint density at radius 2 is 1.96 bits per heavy atom. The Hall–Kier alpha value is -2.91. The van der Waals surface area contributed by atoms with Gasteiger partial charge in [0.2, 0.25) is 11.8 Å². The smallest absolute Gasteiger partial charge is 0.423 e. The maximum atomic E-state index is 13.4. The number of nitro groups is 1. The van der Waals surface area contributed by atoms with Gasteiger partial charge in [-0.05, 0) is 38.7 Å². The first kappa shape index (κ1) is 19.8. The fourth-order valence-electron chi connectivity index (χ4n) is 3.20. The summed E-state index contributed by atoms with van der Waals surface area (Å²) < 4.78 is 45.7. The molecule has 1 aromatic heterocycles. The van der Waals surface area contributed by atoms with Crippen LogP contribution in [0.25, 0.3) is 0 Å². The van der Waals surface area contributed by atoms with Crippen molar-refractivity contribution in [3.8, 4) is 5.88 Å². The third kappa shape index (κ3) is 4.15. The second-order valence-electron chi connectivity index (χ2n) is 6.40. The SMILES string of the molecule is CCN(c1ncc(C(F)(F)F)c(OC2CCCC2)n1)c1ccccc1[N+](=O)[O-]. The van der Waals surface area contributed by atoms with Crippen LogP contribution in [0.15, 0.2) is 30.5 Å². The zero-order valence-electron chi connectivity index (χ0n) is 15.1. The van der Waals surface area contributed by atoms with Crippen LogP contribution in [0.4, 0.5) is 30.5 Å². The molecular weight excluding hydrogens is 377 g/mol. The highest BCUT2D eigenvalue weighted by molar-refractivity contribution is 5.69. The number of rotatable bonds is 6. The summed E-state index contributed by atoms with van der Waals surface area (Å²) in [5.41, 5.74) is -1.05. The molecule has 0 atom stereocenters. The second-order valence-corrected chi connectivity index (χ2v) is 6.40. The molecule has 0 amide bonds. The van der Waals surface area contributed by atoms with E-state index in [-0.39, 0.29) is 30.0 Å². The molecule has 0 aliphatic heterocycles. The summed E-state index contributed by atoms with van der Waals surface area (Å²) in [7, 11) is 0. The molecule has 1 heterocycles. The van der Waals surface area contributed by atoms with Crippen LogP contribution in [0.5, 0.6) is 5.88 Å². The molecule has 10 heteroatoms. The topological polar surface area (TPSA) is 81.4 Å². The molecule has 0 spiro atoms. The van der Waals surface area contributed by atoms with Crippen LogP contribution >= 0.6 is 0 Å². The lowest BCUT2D eigenvalue weighted by Gasteiger charge is -2.23. The molecule has 1 aliphatic rings. The fraction of sp³-hybridized carbons (Fsp3) is 0.444. The average molecular weight is 396 g/mol. The van der Waals surface area contributed by atoms with Crippen molar-refractivity contribution in [3.63, 3.8) is 0 Å². The number of nitro benzene ring substituents is 1. The van der Waals surface area contributed by atoms with Crippen LogP contribution in [0.3, 0.4) is 0 Å². The second kappa shape index (κ2) is 7.99. The lowest BCUT2D eigenvalue weighted by Crippen LogP contribution is -2.23. The van der Waals surface area contributed by atoms with Gasteiger partial charge in [0.05, 0.1) is 4.92 Å². The first-order chi connectivity index (χ1) is 13.3. The molecule has 3 rings (SSSR count). The maximum absolute atomic E-state index is 13.4. The molecular formula is C18H19F3N4O3. The lowest BCUT2D eigenvalue weighted by molar-refractivity contribution is -0.384. The molecule has 1 saturated carbocycles. The largest absolute Gasteiger partial charge is 0.474 e. The van der Waals surface area contributed by atoms with E-state index in [1.807, 2.05) is 0 Å². The van der Waals surface area contributed by atoms with E-state index in [1.165, 1.54) is 23.1 Å². The monoisotopic (exact) mass is 396 g/mol. The Balaban J connectivity index is 2.04. The minimum Gasteiger partial charge on any atom is -0.474 e. The molecule has 1 aliphatic carbocycles. The van der Waals surface area contributed by atoms with Gasteiger partial charge in [-0.2, -0.15) is 18.2 Å². The van der Waals surface area contributed by atoms with Gasteiger partial charge in [-0.1, -0.05) is 12.1 Å². The first-order valence-electron chi connectivity index (χ1n) is 8.93. The highest BCUT2D eigenvalue weighted by Gasteiger charge is 2.38. The molecule has 0 bridgehead atoms. The number of benzene rings is 1. The Labute approximate surface area is 159 Å². The third-order valence-electron chi connectivity index (χ3n) is 4.55. The van der Waals surface area contributed by atoms with Crippen LogP contribution in [0.1, 0.15) is 38.2 Å². The number of ether oxygens (including phenoxy) is 1. The molecule has 1 aromatic carbocycles. The van der Waals surface area contributed by atoms with Crippen LogP contribution in [0, 0.1) is 10.1 Å². The average Bonchev–Trinajstić information content (AvgIpc) is 3.15. The number of alkyl halides is 3. The number of para-hydroxylation sites is 2. The Bertz CT molecular complexity index is 854. The van der Waals surface area contributed by atoms with Crippen molar-refractivity contribution < 1.29 is 22.8 Å². The molecule has 28 heavy (non-hydrogen) atoms. The zero-order valence-corrected chi connectivity index (χ0v) is 15.1. The number of halogens is 3. The summed E-state index contributed by atoms with van der Waals surface area (Å²) in [6, 6.07) is 5.93. The Morgan fingerprint density at radius 3 is 2.57 bits per heavy atom. The van der Waals surface area contributed by atoms with Crippen LogP contribution in [-0.2, 0) is 6.18 Å². The first-order valence-corrected chi connectivity index (χ1v) is 8.93. The van der Waals surface area contributed by atoms with Crippen LogP contribution < -0.4 is 9.64 Å². The van der Waals surface area contributed by atoms with Crippen molar-refractivity contribution in [1.82, 2.24) is 9.97 Å². The molecule has 0 N–H and O–H groups in total. The van der Waals surface area contributed by atoms with Gasteiger partial charge in [-0.25, -0.2) is 4.98 Å². The van der Waals surface area contributed by atoms with E-state index in [9.17, 15) is 23.3 Å². The lowest BCUT2D eigenvalue weighted by atomic mass is 10.2. The Kier molecular flexibility index (Phi) is 5.66. The van der Waals surface area contributed by atoms with E-state index in [2.05, 4.69) is 9.97 Å². The van der Waals surface area contributed by atoms with Gasteiger partial charge in [0, 0.05) is 18.8 Å². The molecule has 0 radical (unpaired) electrons. The maximum Gasteiger partial charge on any atom is 0.423 e. The summed E-state index contributed by atoms with van der Waals surface area (Å²) >= 11 is 0. The summed E-state index contributed by atoms with van der Waals surface area (Å²) in [6.07, 6.45) is -1.21. The summed E-state index contributed by atoms with van der Waals surface area (Å²) in [5, 5.41) is 11.3.